The van der Waals surface area contributed by atoms with E-state index in [1.165, 1.54) is 12.4 Å². The molecule has 2 heterocycles. The number of carbonyl (C=O) groups is 1. The Labute approximate surface area is 124 Å². The van der Waals surface area contributed by atoms with Crippen LogP contribution >= 0.6 is 0 Å². The normalized spacial score (nSPS) is 18.7. The highest BCUT2D eigenvalue weighted by Gasteiger charge is 2.31. The molecular formula is C14H22N4O3. The van der Waals surface area contributed by atoms with Crippen LogP contribution in [0.3, 0.4) is 0 Å². The third-order valence-electron chi connectivity index (χ3n) is 3.30. The number of ether oxygens (including phenoxy) is 1. The Morgan fingerprint density at radius 1 is 1.43 bits per heavy atom. The third-order valence-corrected chi connectivity index (χ3v) is 3.30. The van der Waals surface area contributed by atoms with Crippen LogP contribution in [-0.4, -0.2) is 57.8 Å². The first-order valence-electron chi connectivity index (χ1n) is 6.98. The third kappa shape index (κ3) is 3.96. The van der Waals surface area contributed by atoms with Gasteiger partial charge in [-0.1, -0.05) is 0 Å². The molecule has 0 bridgehead atoms. The van der Waals surface area contributed by atoms with E-state index in [2.05, 4.69) is 9.97 Å². The predicted molar refractivity (Wildman–Crippen MR) is 78.3 cm³/mol. The largest absolute Gasteiger partial charge is 0.505 e. The fraction of sp³-hybridized carbons (Fsp3) is 0.643. The first kappa shape index (κ1) is 15.3. The van der Waals surface area contributed by atoms with Crippen molar-refractivity contribution in [2.45, 2.75) is 38.8 Å². The summed E-state index contributed by atoms with van der Waals surface area (Å²) in [5.41, 5.74) is -0.496. The van der Waals surface area contributed by atoms with Gasteiger partial charge in [0.15, 0.2) is 5.75 Å². The fourth-order valence-electron chi connectivity index (χ4n) is 2.20. The van der Waals surface area contributed by atoms with Crippen molar-refractivity contribution in [3.8, 4) is 5.75 Å². The minimum atomic E-state index is -0.496. The zero-order valence-corrected chi connectivity index (χ0v) is 12.9. The summed E-state index contributed by atoms with van der Waals surface area (Å²) in [7, 11) is 1.75. The Kier molecular flexibility index (Phi) is 4.20. The number of anilines is 1. The molecule has 1 amide bonds. The summed E-state index contributed by atoms with van der Waals surface area (Å²) in [5, 5.41) is 9.21. The van der Waals surface area contributed by atoms with Gasteiger partial charge in [-0.25, -0.2) is 14.8 Å². The van der Waals surface area contributed by atoms with E-state index in [1.54, 1.807) is 11.9 Å². The lowest BCUT2D eigenvalue weighted by Gasteiger charge is -2.28. The van der Waals surface area contributed by atoms with Crippen LogP contribution in [0.2, 0.25) is 0 Å². The van der Waals surface area contributed by atoms with Crippen LogP contribution < -0.4 is 4.90 Å². The number of amides is 1. The average molecular weight is 294 g/mol. The molecule has 1 aromatic rings. The number of hydrogen-bond acceptors (Lipinski definition) is 6. The lowest BCUT2D eigenvalue weighted by Crippen LogP contribution is -2.42. The number of nitrogens with zero attached hydrogens (tertiary/aromatic N) is 4. The quantitative estimate of drug-likeness (QED) is 0.893. The van der Waals surface area contributed by atoms with Crippen LogP contribution in [0.4, 0.5) is 10.7 Å². The van der Waals surface area contributed by atoms with Crippen molar-refractivity contribution in [1.29, 1.82) is 0 Å². The molecule has 0 spiro atoms. The van der Waals surface area contributed by atoms with E-state index in [1.807, 2.05) is 25.7 Å². The number of likely N-dealkylation sites (N-methyl/N-ethyl adjacent to an activating group) is 1. The van der Waals surface area contributed by atoms with Crippen LogP contribution in [0.1, 0.15) is 27.2 Å². The maximum atomic E-state index is 12.1. The summed E-state index contributed by atoms with van der Waals surface area (Å²) in [6.45, 7) is 6.97. The van der Waals surface area contributed by atoms with Gasteiger partial charge in [-0.15, -0.1) is 0 Å². The first-order chi connectivity index (χ1) is 9.76. The summed E-state index contributed by atoms with van der Waals surface area (Å²) in [4.78, 5) is 23.9. The number of aromatic hydroxyl groups is 1. The molecule has 1 fully saturated rings. The van der Waals surface area contributed by atoms with Gasteiger partial charge in [-0.05, 0) is 27.2 Å². The van der Waals surface area contributed by atoms with Crippen LogP contribution in [0.5, 0.6) is 5.75 Å². The number of aromatic nitrogens is 2. The Balaban J connectivity index is 1.95. The maximum absolute atomic E-state index is 12.1. The summed E-state index contributed by atoms with van der Waals surface area (Å²) in [5.74, 6) is 0.605. The van der Waals surface area contributed by atoms with Gasteiger partial charge >= 0.3 is 6.09 Å². The van der Waals surface area contributed by atoms with Crippen LogP contribution in [0, 0.1) is 0 Å². The minimum Gasteiger partial charge on any atom is -0.505 e. The van der Waals surface area contributed by atoms with Gasteiger partial charge in [-0.3, -0.25) is 0 Å². The van der Waals surface area contributed by atoms with Gasteiger partial charge in [0.25, 0.3) is 0 Å². The molecule has 1 aliphatic heterocycles. The van der Waals surface area contributed by atoms with Gasteiger partial charge in [-0.2, -0.15) is 0 Å². The molecule has 0 saturated carbocycles. The molecule has 1 aromatic heterocycles. The standard InChI is InChI=1S/C14H22N4O3/c1-14(2,3)21-13(20)17(4)10-5-6-18(9-10)12-15-7-11(19)8-16-12/h7-8,10,19H,5-6,9H2,1-4H3. The maximum Gasteiger partial charge on any atom is 0.410 e. The van der Waals surface area contributed by atoms with E-state index in [9.17, 15) is 9.90 Å². The van der Waals surface area contributed by atoms with Crippen LogP contribution in [-0.2, 0) is 4.74 Å². The highest BCUT2D eigenvalue weighted by molar-refractivity contribution is 5.68. The Morgan fingerprint density at radius 3 is 2.62 bits per heavy atom. The van der Waals surface area contributed by atoms with Crippen molar-refractivity contribution in [2.75, 3.05) is 25.0 Å². The van der Waals surface area contributed by atoms with Gasteiger partial charge in [0.1, 0.15) is 5.60 Å². The highest BCUT2D eigenvalue weighted by atomic mass is 16.6. The first-order valence-corrected chi connectivity index (χ1v) is 6.98. The molecule has 116 valence electrons. The summed E-state index contributed by atoms with van der Waals surface area (Å²) in [6, 6.07) is 0.0669. The van der Waals surface area contributed by atoms with Gasteiger partial charge in [0, 0.05) is 20.1 Å². The lowest BCUT2D eigenvalue weighted by molar-refractivity contribution is 0.0238. The van der Waals surface area contributed by atoms with Gasteiger partial charge < -0.3 is 19.6 Å². The zero-order chi connectivity index (χ0) is 15.6. The molecule has 7 nitrogen and oxygen atoms in total. The molecule has 21 heavy (non-hydrogen) atoms. The molecule has 1 unspecified atom stereocenters. The predicted octanol–water partition coefficient (Wildman–Crippen LogP) is 1.63. The van der Waals surface area contributed by atoms with E-state index in [0.29, 0.717) is 12.5 Å². The topological polar surface area (TPSA) is 78.8 Å². The second-order valence-electron chi connectivity index (χ2n) is 6.22. The molecular weight excluding hydrogens is 272 g/mol. The average Bonchev–Trinajstić information content (AvgIpc) is 2.86. The Bertz CT molecular complexity index is 498. The van der Waals surface area contributed by atoms with E-state index in [4.69, 9.17) is 4.74 Å². The fourth-order valence-corrected chi connectivity index (χ4v) is 2.20. The van der Waals surface area contributed by atoms with E-state index in [-0.39, 0.29) is 17.9 Å². The van der Waals surface area contributed by atoms with E-state index < -0.39 is 5.60 Å². The zero-order valence-electron chi connectivity index (χ0n) is 12.9. The van der Waals surface area contributed by atoms with Gasteiger partial charge in [0.05, 0.1) is 18.4 Å². The smallest absolute Gasteiger partial charge is 0.410 e. The van der Waals surface area contributed by atoms with Crippen molar-refractivity contribution >= 4 is 12.0 Å². The number of rotatable bonds is 2. The number of hydrogen-bond donors (Lipinski definition) is 1. The number of carbonyl (C=O) groups excluding carboxylic acids is 1. The monoisotopic (exact) mass is 294 g/mol. The molecule has 7 heteroatoms. The van der Waals surface area contributed by atoms with Crippen LogP contribution in [0.15, 0.2) is 12.4 Å². The van der Waals surface area contributed by atoms with E-state index in [0.717, 1.165) is 13.0 Å². The lowest BCUT2D eigenvalue weighted by atomic mass is 10.2. The SMILES string of the molecule is CN(C(=O)OC(C)(C)C)C1CCN(c2ncc(O)cn2)C1. The second kappa shape index (κ2) is 5.75. The minimum absolute atomic E-state index is 0.0420. The molecule has 1 aliphatic rings. The van der Waals surface area contributed by atoms with Crippen molar-refractivity contribution < 1.29 is 14.6 Å². The van der Waals surface area contributed by atoms with Crippen molar-refractivity contribution in [1.82, 2.24) is 14.9 Å². The molecule has 2 rings (SSSR count). The summed E-state index contributed by atoms with van der Waals surface area (Å²) in [6.07, 6.45) is 3.25. The molecule has 0 aliphatic carbocycles. The molecule has 1 saturated heterocycles. The summed E-state index contributed by atoms with van der Waals surface area (Å²) >= 11 is 0. The van der Waals surface area contributed by atoms with Crippen molar-refractivity contribution in [3.05, 3.63) is 12.4 Å². The van der Waals surface area contributed by atoms with Crippen molar-refractivity contribution in [2.24, 2.45) is 0 Å². The summed E-state index contributed by atoms with van der Waals surface area (Å²) < 4.78 is 5.37. The highest BCUT2D eigenvalue weighted by Crippen LogP contribution is 2.21. The molecule has 1 N–H and O–H groups in total. The van der Waals surface area contributed by atoms with E-state index >= 15 is 0 Å². The Hall–Kier alpha value is -2.05. The van der Waals surface area contributed by atoms with Crippen molar-refractivity contribution in [3.63, 3.8) is 0 Å². The Morgan fingerprint density at radius 2 is 2.05 bits per heavy atom. The van der Waals surface area contributed by atoms with Gasteiger partial charge in [0.2, 0.25) is 5.95 Å². The second-order valence-corrected chi connectivity index (χ2v) is 6.22. The van der Waals surface area contributed by atoms with Crippen LogP contribution in [0.25, 0.3) is 0 Å². The molecule has 0 radical (unpaired) electrons. The molecule has 1 atom stereocenters. The molecule has 0 aromatic carbocycles.